The van der Waals surface area contributed by atoms with Crippen molar-refractivity contribution in [3.8, 4) is 17.1 Å². The molecular weight excluding hydrogens is 474 g/mol. The Bertz CT molecular complexity index is 1230. The van der Waals surface area contributed by atoms with Gasteiger partial charge in [-0.25, -0.2) is 14.6 Å². The van der Waals surface area contributed by atoms with Crippen LogP contribution in [0.4, 0.5) is 4.79 Å². The molecule has 0 bridgehead atoms. The number of fused-ring (bicyclic) bond motifs is 1. The fourth-order valence-electron chi connectivity index (χ4n) is 3.66. The van der Waals surface area contributed by atoms with Crippen LogP contribution in [0.5, 0.6) is 5.75 Å². The molecule has 1 saturated heterocycles. The number of esters is 1. The molecule has 1 atom stereocenters. The van der Waals surface area contributed by atoms with Gasteiger partial charge in [-0.1, -0.05) is 44.2 Å². The van der Waals surface area contributed by atoms with Crippen LogP contribution in [0.25, 0.3) is 22.3 Å². The molecule has 200 valence electrons. The summed E-state index contributed by atoms with van der Waals surface area (Å²) in [6.45, 7) is 9.95. The Balaban J connectivity index is 0.000000248. The summed E-state index contributed by atoms with van der Waals surface area (Å²) in [6.07, 6.45) is 1.01. The predicted molar refractivity (Wildman–Crippen MR) is 144 cm³/mol. The molecule has 0 spiro atoms. The largest absolute Gasteiger partial charge is 0.497 e. The lowest BCUT2D eigenvalue weighted by atomic mass is 10.2. The van der Waals surface area contributed by atoms with Crippen molar-refractivity contribution in [3.05, 3.63) is 58.9 Å². The maximum Gasteiger partial charge on any atom is 0.411 e. The van der Waals surface area contributed by atoms with Gasteiger partial charge in [-0.15, -0.1) is 0 Å². The maximum absolute atomic E-state index is 12.1. The van der Waals surface area contributed by atoms with E-state index in [9.17, 15) is 14.4 Å². The van der Waals surface area contributed by atoms with Gasteiger partial charge in [-0.05, 0) is 51.8 Å². The molecule has 1 fully saturated rings. The second-order valence-electron chi connectivity index (χ2n) is 9.02. The molecule has 3 aromatic rings. The number of hydrogen-bond acceptors (Lipinski definition) is 7. The van der Waals surface area contributed by atoms with Crippen LogP contribution in [0.3, 0.4) is 0 Å². The van der Waals surface area contributed by atoms with Crippen LogP contribution in [0, 0.1) is 0 Å². The van der Waals surface area contributed by atoms with Crippen molar-refractivity contribution in [2.45, 2.75) is 59.1 Å². The van der Waals surface area contributed by atoms with Gasteiger partial charge >= 0.3 is 12.1 Å². The van der Waals surface area contributed by atoms with Gasteiger partial charge in [-0.2, -0.15) is 0 Å². The van der Waals surface area contributed by atoms with Crippen molar-refractivity contribution in [2.75, 3.05) is 20.8 Å². The second kappa shape index (κ2) is 13.4. The van der Waals surface area contributed by atoms with E-state index in [1.165, 1.54) is 12.0 Å². The zero-order valence-electron chi connectivity index (χ0n) is 22.7. The summed E-state index contributed by atoms with van der Waals surface area (Å²) < 4.78 is 15.0. The summed E-state index contributed by atoms with van der Waals surface area (Å²) in [7, 11) is 2.90. The number of aromatic amines is 1. The van der Waals surface area contributed by atoms with E-state index in [1.807, 2.05) is 44.2 Å². The number of carbonyl (C=O) groups is 2. The quantitative estimate of drug-likeness (QED) is 0.482. The van der Waals surface area contributed by atoms with Gasteiger partial charge in [0.1, 0.15) is 23.2 Å². The minimum atomic E-state index is -0.541. The van der Waals surface area contributed by atoms with E-state index in [0.717, 1.165) is 12.0 Å². The molecule has 1 N–H and O–H groups in total. The Hall–Kier alpha value is -3.88. The summed E-state index contributed by atoms with van der Waals surface area (Å²) in [5, 5.41) is 0.527. The molecule has 1 aliphatic heterocycles. The standard InChI is InChI=1S/C15H12N2O2.C11H19NO4.C2H6/c1-19-11-7-8-13-12(9-11)15(18)17-14(16-13)10-5-3-2-4-6-10;1-11(2,3)16-10(14)12-7-5-6-8(12)9(13)15-4;1-2/h2-9H,1H3,(H,16,17,18);8H,5-7H2,1-4H3;1-2H3. The lowest BCUT2D eigenvalue weighted by molar-refractivity contribution is -0.145. The van der Waals surface area contributed by atoms with Crippen molar-refractivity contribution >= 4 is 23.0 Å². The lowest BCUT2D eigenvalue weighted by Gasteiger charge is -2.27. The third-order valence-electron chi connectivity index (χ3n) is 5.31. The van der Waals surface area contributed by atoms with Crippen LogP contribution < -0.4 is 10.3 Å². The number of carbonyl (C=O) groups excluding carboxylic acids is 2. The SMILES string of the molecule is CC.COC(=O)C1CCCN1C(=O)OC(C)(C)C.COc1ccc2nc(-c3ccccc3)[nH]c(=O)c2c1. The van der Waals surface area contributed by atoms with Gasteiger partial charge in [-0.3, -0.25) is 9.69 Å². The summed E-state index contributed by atoms with van der Waals surface area (Å²) >= 11 is 0. The molecule has 0 radical (unpaired) electrons. The third-order valence-corrected chi connectivity index (χ3v) is 5.31. The minimum Gasteiger partial charge on any atom is -0.497 e. The first-order chi connectivity index (χ1) is 17.6. The number of ether oxygens (including phenoxy) is 3. The highest BCUT2D eigenvalue weighted by molar-refractivity contribution is 5.82. The molecule has 9 nitrogen and oxygen atoms in total. The topological polar surface area (TPSA) is 111 Å². The summed E-state index contributed by atoms with van der Waals surface area (Å²) in [5.74, 6) is 0.846. The van der Waals surface area contributed by atoms with Gasteiger partial charge in [0.15, 0.2) is 0 Å². The number of H-pyrrole nitrogens is 1. The highest BCUT2D eigenvalue weighted by Crippen LogP contribution is 2.22. The Morgan fingerprint density at radius 1 is 1.05 bits per heavy atom. The molecular formula is C28H37N3O6. The number of hydrogen-bond donors (Lipinski definition) is 1. The number of methoxy groups -OCH3 is 2. The molecule has 4 rings (SSSR count). The number of nitrogens with one attached hydrogen (secondary N) is 1. The molecule has 0 saturated carbocycles. The van der Waals surface area contributed by atoms with E-state index in [0.29, 0.717) is 35.4 Å². The average molecular weight is 512 g/mol. The fraction of sp³-hybridized carbons (Fsp3) is 0.429. The summed E-state index contributed by atoms with van der Waals surface area (Å²) in [4.78, 5) is 44.0. The number of benzene rings is 2. The molecule has 1 aromatic heterocycles. The van der Waals surface area contributed by atoms with Gasteiger partial charge in [0.25, 0.3) is 5.56 Å². The molecule has 1 amide bonds. The van der Waals surface area contributed by atoms with E-state index >= 15 is 0 Å². The van der Waals surface area contributed by atoms with Crippen molar-refractivity contribution in [3.63, 3.8) is 0 Å². The van der Waals surface area contributed by atoms with Crippen LogP contribution in [0.2, 0.25) is 0 Å². The zero-order chi connectivity index (χ0) is 27.6. The van der Waals surface area contributed by atoms with Gasteiger partial charge in [0.05, 0.1) is 25.1 Å². The Morgan fingerprint density at radius 2 is 1.73 bits per heavy atom. The Kier molecular flexibility index (Phi) is 10.7. The van der Waals surface area contributed by atoms with E-state index in [4.69, 9.17) is 9.47 Å². The molecule has 37 heavy (non-hydrogen) atoms. The molecule has 9 heteroatoms. The zero-order valence-corrected chi connectivity index (χ0v) is 22.7. The van der Waals surface area contributed by atoms with Crippen molar-refractivity contribution < 1.29 is 23.8 Å². The van der Waals surface area contributed by atoms with E-state index in [-0.39, 0.29) is 11.5 Å². The predicted octanol–water partition coefficient (Wildman–Crippen LogP) is 5.18. The van der Waals surface area contributed by atoms with Crippen LogP contribution in [-0.2, 0) is 14.3 Å². The molecule has 1 aliphatic rings. The fourth-order valence-corrected chi connectivity index (χ4v) is 3.66. The number of likely N-dealkylation sites (tertiary alicyclic amines) is 1. The summed E-state index contributed by atoms with van der Waals surface area (Å²) in [5.41, 5.74) is 0.837. The number of rotatable bonds is 3. The van der Waals surface area contributed by atoms with Gasteiger partial charge in [0, 0.05) is 12.1 Å². The van der Waals surface area contributed by atoms with Crippen LogP contribution >= 0.6 is 0 Å². The van der Waals surface area contributed by atoms with Crippen LogP contribution in [-0.4, -0.2) is 59.3 Å². The number of amides is 1. The maximum atomic E-state index is 12.1. The highest BCUT2D eigenvalue weighted by Gasteiger charge is 2.37. The molecule has 2 aromatic carbocycles. The van der Waals surface area contributed by atoms with Gasteiger partial charge < -0.3 is 19.2 Å². The van der Waals surface area contributed by atoms with Crippen molar-refractivity contribution in [2.24, 2.45) is 0 Å². The Morgan fingerprint density at radius 3 is 2.32 bits per heavy atom. The van der Waals surface area contributed by atoms with Gasteiger partial charge in [0.2, 0.25) is 0 Å². The monoisotopic (exact) mass is 511 g/mol. The first-order valence-corrected chi connectivity index (χ1v) is 12.3. The first-order valence-electron chi connectivity index (χ1n) is 12.3. The second-order valence-corrected chi connectivity index (χ2v) is 9.02. The van der Waals surface area contributed by atoms with E-state index < -0.39 is 17.7 Å². The van der Waals surface area contributed by atoms with Crippen molar-refractivity contribution in [1.29, 1.82) is 0 Å². The average Bonchev–Trinajstić information content (AvgIpc) is 3.39. The van der Waals surface area contributed by atoms with E-state index in [1.54, 1.807) is 46.1 Å². The lowest BCUT2D eigenvalue weighted by Crippen LogP contribution is -2.43. The van der Waals surface area contributed by atoms with Crippen molar-refractivity contribution in [1.82, 2.24) is 14.9 Å². The smallest absolute Gasteiger partial charge is 0.411 e. The normalized spacial score (nSPS) is 14.6. The summed E-state index contributed by atoms with van der Waals surface area (Å²) in [6, 6.07) is 14.4. The number of nitrogens with zero attached hydrogens (tertiary/aromatic N) is 2. The molecule has 2 heterocycles. The first kappa shape index (κ1) is 29.4. The molecule has 1 unspecified atom stereocenters. The van der Waals surface area contributed by atoms with E-state index in [2.05, 4.69) is 14.7 Å². The van der Waals surface area contributed by atoms with Crippen LogP contribution in [0.15, 0.2) is 53.3 Å². The highest BCUT2D eigenvalue weighted by atomic mass is 16.6. The molecule has 0 aliphatic carbocycles. The number of aromatic nitrogens is 2. The minimum absolute atomic E-state index is 0.164. The third kappa shape index (κ3) is 8.06. The van der Waals surface area contributed by atoms with Crippen LogP contribution in [0.1, 0.15) is 47.5 Å². The Labute approximate surface area is 217 Å².